The van der Waals surface area contributed by atoms with E-state index in [-0.39, 0.29) is 48.5 Å². The second-order valence-electron chi connectivity index (χ2n) is 10.7. The quantitative estimate of drug-likeness (QED) is 0.575. The Morgan fingerprint density at radius 2 is 1.83 bits per heavy atom. The molecule has 6 nitrogen and oxygen atoms in total. The third-order valence-electron chi connectivity index (χ3n) is 9.89. The lowest BCUT2D eigenvalue weighted by Gasteiger charge is -2.64. The van der Waals surface area contributed by atoms with Gasteiger partial charge >= 0.3 is 5.97 Å². The average molecular weight is 405 g/mol. The molecule has 1 heterocycles. The molecule has 0 bridgehead atoms. The fraction of sp³-hybridized carbons (Fsp3) is 0.826. The molecule has 1 aliphatic heterocycles. The van der Waals surface area contributed by atoms with Crippen LogP contribution in [0.1, 0.15) is 58.8 Å². The van der Waals surface area contributed by atoms with Crippen molar-refractivity contribution < 1.29 is 29.6 Å². The van der Waals surface area contributed by atoms with E-state index in [2.05, 4.69) is 0 Å². The molecule has 4 fully saturated rings. The average Bonchev–Trinajstić information content (AvgIpc) is 3.19. The first-order valence-corrected chi connectivity index (χ1v) is 11.1. The van der Waals surface area contributed by atoms with E-state index in [1.54, 1.807) is 0 Å². The van der Waals surface area contributed by atoms with Gasteiger partial charge in [0.15, 0.2) is 0 Å². The van der Waals surface area contributed by atoms with Crippen molar-refractivity contribution in [3.63, 3.8) is 0 Å². The minimum atomic E-state index is -1.07. The number of carbonyl (C=O) groups excluding carboxylic acids is 2. The summed E-state index contributed by atoms with van der Waals surface area (Å²) in [5, 5.41) is 33.6. The molecule has 0 unspecified atom stereocenters. The summed E-state index contributed by atoms with van der Waals surface area (Å²) < 4.78 is 5.13. The highest BCUT2D eigenvalue weighted by Crippen LogP contribution is 2.69. The summed E-state index contributed by atoms with van der Waals surface area (Å²) in [7, 11) is 0. The smallest absolute Gasteiger partial charge is 0.331 e. The molecule has 5 aliphatic rings. The van der Waals surface area contributed by atoms with Crippen molar-refractivity contribution in [2.24, 2.45) is 34.5 Å². The van der Waals surface area contributed by atoms with Gasteiger partial charge in [0.05, 0.1) is 17.8 Å². The van der Waals surface area contributed by atoms with Crippen LogP contribution in [0.3, 0.4) is 0 Å². The number of fused-ring (bicyclic) bond motifs is 5. The fourth-order valence-corrected chi connectivity index (χ4v) is 8.21. The summed E-state index contributed by atoms with van der Waals surface area (Å²) in [5.74, 6) is -0.377. The minimum Gasteiger partial charge on any atom is -0.458 e. The number of aliphatic hydroxyl groups is 3. The van der Waals surface area contributed by atoms with Gasteiger partial charge in [-0.05, 0) is 67.8 Å². The second kappa shape index (κ2) is 6.14. The summed E-state index contributed by atoms with van der Waals surface area (Å²) in [6.45, 7) is 4.22. The summed E-state index contributed by atoms with van der Waals surface area (Å²) in [6, 6.07) is 0. The molecule has 29 heavy (non-hydrogen) atoms. The normalized spacial score (nSPS) is 54.3. The third kappa shape index (κ3) is 2.34. The zero-order valence-corrected chi connectivity index (χ0v) is 17.3. The summed E-state index contributed by atoms with van der Waals surface area (Å²) >= 11 is 0. The zero-order valence-electron chi connectivity index (χ0n) is 17.3. The van der Waals surface area contributed by atoms with Crippen LogP contribution in [-0.2, 0) is 14.3 Å². The van der Waals surface area contributed by atoms with Gasteiger partial charge in [-0.1, -0.05) is 13.8 Å². The second-order valence-corrected chi connectivity index (χ2v) is 10.7. The van der Waals surface area contributed by atoms with Crippen molar-refractivity contribution >= 4 is 11.8 Å². The summed E-state index contributed by atoms with van der Waals surface area (Å²) in [4.78, 5) is 24.8. The number of ketones is 1. The van der Waals surface area contributed by atoms with E-state index in [1.807, 2.05) is 13.8 Å². The third-order valence-corrected chi connectivity index (χ3v) is 9.89. The van der Waals surface area contributed by atoms with Gasteiger partial charge in [-0.3, -0.25) is 4.79 Å². The molecule has 6 heteroatoms. The van der Waals surface area contributed by atoms with Crippen molar-refractivity contribution in [2.45, 2.75) is 76.6 Å². The number of esters is 1. The van der Waals surface area contributed by atoms with Crippen LogP contribution in [-0.4, -0.2) is 51.5 Å². The van der Waals surface area contributed by atoms with Gasteiger partial charge < -0.3 is 20.1 Å². The SMILES string of the molecule is C[C@]12C(=O)C[C@@H](O)C[C@H]1CC[C@@H]1[C@@H]2C[C@@H](O)[C@]2(C)[C@@H](C3=CC(=O)OC3)CC[C@]12O. The maximum absolute atomic E-state index is 13.1. The molecule has 5 rings (SSSR count). The maximum Gasteiger partial charge on any atom is 0.331 e. The van der Waals surface area contributed by atoms with Crippen LogP contribution in [0.4, 0.5) is 0 Å². The fourth-order valence-electron chi connectivity index (χ4n) is 8.21. The number of rotatable bonds is 1. The van der Waals surface area contributed by atoms with Crippen molar-refractivity contribution in [3.05, 3.63) is 11.6 Å². The number of hydrogen-bond donors (Lipinski definition) is 3. The molecule has 0 saturated heterocycles. The lowest BCUT2D eigenvalue weighted by atomic mass is 9.42. The van der Waals surface area contributed by atoms with Crippen LogP contribution in [0.5, 0.6) is 0 Å². The van der Waals surface area contributed by atoms with Gasteiger partial charge in [0.1, 0.15) is 12.4 Å². The van der Waals surface area contributed by atoms with Crippen LogP contribution >= 0.6 is 0 Å². The number of hydrogen-bond acceptors (Lipinski definition) is 6. The molecular formula is C23H32O6. The van der Waals surface area contributed by atoms with E-state index >= 15 is 0 Å². The molecule has 4 saturated carbocycles. The Labute approximate surface area is 171 Å². The van der Waals surface area contributed by atoms with E-state index in [0.29, 0.717) is 25.7 Å². The monoisotopic (exact) mass is 404 g/mol. The molecule has 9 atom stereocenters. The number of carbonyl (C=O) groups is 2. The predicted molar refractivity (Wildman–Crippen MR) is 104 cm³/mol. The number of aliphatic hydroxyl groups excluding tert-OH is 2. The Balaban J connectivity index is 1.54. The molecule has 3 N–H and O–H groups in total. The predicted octanol–water partition coefficient (Wildman–Crippen LogP) is 1.75. The molecule has 0 amide bonds. The molecular weight excluding hydrogens is 372 g/mol. The first-order valence-electron chi connectivity index (χ1n) is 11.1. The lowest BCUT2D eigenvalue weighted by molar-refractivity contribution is -0.240. The molecule has 0 aromatic heterocycles. The van der Waals surface area contributed by atoms with E-state index in [4.69, 9.17) is 4.74 Å². The Morgan fingerprint density at radius 3 is 2.52 bits per heavy atom. The Bertz CT molecular complexity index is 790. The van der Waals surface area contributed by atoms with E-state index in [9.17, 15) is 24.9 Å². The summed E-state index contributed by atoms with van der Waals surface area (Å²) in [5.41, 5.74) is -1.54. The van der Waals surface area contributed by atoms with Crippen LogP contribution < -0.4 is 0 Å². The maximum atomic E-state index is 13.1. The largest absolute Gasteiger partial charge is 0.458 e. The Kier molecular flexibility index (Phi) is 4.18. The zero-order chi connectivity index (χ0) is 20.8. The van der Waals surface area contributed by atoms with Crippen molar-refractivity contribution in [1.29, 1.82) is 0 Å². The van der Waals surface area contributed by atoms with Crippen LogP contribution in [0, 0.1) is 34.5 Å². The van der Waals surface area contributed by atoms with Gasteiger partial charge in [0.2, 0.25) is 0 Å². The van der Waals surface area contributed by atoms with Gasteiger partial charge in [-0.15, -0.1) is 0 Å². The molecule has 0 aromatic carbocycles. The van der Waals surface area contributed by atoms with Crippen molar-refractivity contribution in [3.8, 4) is 0 Å². The van der Waals surface area contributed by atoms with Crippen molar-refractivity contribution in [2.75, 3.05) is 6.61 Å². The number of ether oxygens (including phenoxy) is 1. The lowest BCUT2D eigenvalue weighted by Crippen LogP contribution is -2.68. The minimum absolute atomic E-state index is 0.0556. The Hall–Kier alpha value is -1.24. The number of cyclic esters (lactones) is 1. The highest BCUT2D eigenvalue weighted by Gasteiger charge is 2.71. The number of Topliss-reactive ketones (excluding diaryl/α,β-unsaturated/α-hetero) is 1. The first-order chi connectivity index (χ1) is 13.6. The van der Waals surface area contributed by atoms with Crippen molar-refractivity contribution in [1.82, 2.24) is 0 Å². The molecule has 4 aliphatic carbocycles. The van der Waals surface area contributed by atoms with E-state index < -0.39 is 28.6 Å². The standard InChI is InChI=1S/C23H32O6/c1-21-13(8-14(24)9-18(21)25)3-4-16-17(21)10-19(26)22(2)15(5-6-23(16,22)28)12-7-20(27)29-11-12/h7,13-17,19,24,26,28H,3-6,8-11H2,1-2H3/t13-,14+,15-,16-,17+,19-,21+,22+,23+/m1/s1. The van der Waals surface area contributed by atoms with E-state index in [0.717, 1.165) is 18.4 Å². The molecule has 0 aromatic rings. The van der Waals surface area contributed by atoms with Crippen LogP contribution in [0.15, 0.2) is 11.6 Å². The first kappa shape index (κ1) is 19.7. The van der Waals surface area contributed by atoms with Gasteiger partial charge in [0, 0.05) is 23.3 Å². The summed E-state index contributed by atoms with van der Waals surface area (Å²) in [6.07, 6.45) is 4.41. The highest BCUT2D eigenvalue weighted by molar-refractivity contribution is 5.87. The Morgan fingerprint density at radius 1 is 1.07 bits per heavy atom. The molecule has 160 valence electrons. The van der Waals surface area contributed by atoms with Gasteiger partial charge in [-0.2, -0.15) is 0 Å². The topological polar surface area (TPSA) is 104 Å². The van der Waals surface area contributed by atoms with Crippen LogP contribution in [0.2, 0.25) is 0 Å². The van der Waals surface area contributed by atoms with Gasteiger partial charge in [-0.25, -0.2) is 4.79 Å². The van der Waals surface area contributed by atoms with Crippen LogP contribution in [0.25, 0.3) is 0 Å². The van der Waals surface area contributed by atoms with Gasteiger partial charge in [0.25, 0.3) is 0 Å². The highest BCUT2D eigenvalue weighted by atomic mass is 16.5. The molecule has 0 spiro atoms. The van der Waals surface area contributed by atoms with E-state index in [1.165, 1.54) is 6.08 Å². The molecule has 0 radical (unpaired) electrons.